The van der Waals surface area contributed by atoms with Crippen molar-refractivity contribution >= 4 is 23.2 Å². The number of amides is 1. The van der Waals surface area contributed by atoms with Crippen molar-refractivity contribution in [2.24, 2.45) is 0 Å². The van der Waals surface area contributed by atoms with Crippen molar-refractivity contribution in [1.82, 2.24) is 14.8 Å². The highest BCUT2D eigenvalue weighted by Gasteiger charge is 2.18. The molecule has 0 fully saturated rings. The minimum absolute atomic E-state index is 0.129. The lowest BCUT2D eigenvalue weighted by Crippen LogP contribution is -2.20. The molecule has 0 spiro atoms. The number of aryl methyl sites for hydroxylation is 1. The van der Waals surface area contributed by atoms with Gasteiger partial charge in [-0.15, -0.1) is 10.2 Å². The summed E-state index contributed by atoms with van der Waals surface area (Å²) in [4.78, 5) is 12.4. The molecule has 0 saturated carbocycles. The summed E-state index contributed by atoms with van der Waals surface area (Å²) < 4.78 is 7.66. The zero-order chi connectivity index (χ0) is 21.6. The van der Waals surface area contributed by atoms with E-state index in [1.165, 1.54) is 6.42 Å². The van der Waals surface area contributed by atoms with Crippen molar-refractivity contribution < 1.29 is 9.53 Å². The topological polar surface area (TPSA) is 92.8 Å². The molecule has 2 aromatic carbocycles. The number of carbonyl (C=O) groups is 1. The first kappa shape index (κ1) is 20.9. The van der Waals surface area contributed by atoms with Gasteiger partial charge in [0.05, 0.1) is 17.5 Å². The molecule has 0 saturated heterocycles. The summed E-state index contributed by atoms with van der Waals surface area (Å²) in [5.74, 6) is 1.99. The van der Waals surface area contributed by atoms with Gasteiger partial charge in [-0.3, -0.25) is 4.79 Å². The van der Waals surface area contributed by atoms with Crippen LogP contribution in [0.3, 0.4) is 0 Å². The van der Waals surface area contributed by atoms with E-state index in [1.54, 1.807) is 24.3 Å². The number of benzene rings is 2. The third-order valence-electron chi connectivity index (χ3n) is 5.18. The Labute approximate surface area is 185 Å². The van der Waals surface area contributed by atoms with E-state index < -0.39 is 0 Å². The van der Waals surface area contributed by atoms with Gasteiger partial charge in [-0.1, -0.05) is 30.2 Å². The minimum Gasteiger partial charge on any atom is -0.484 e. The summed E-state index contributed by atoms with van der Waals surface area (Å²) in [6.07, 6.45) is 4.63. The number of nitriles is 1. The van der Waals surface area contributed by atoms with Gasteiger partial charge < -0.3 is 14.6 Å². The zero-order valence-electron chi connectivity index (χ0n) is 17.0. The van der Waals surface area contributed by atoms with E-state index in [0.29, 0.717) is 22.9 Å². The number of nitrogens with one attached hydrogen (secondary N) is 1. The van der Waals surface area contributed by atoms with Crippen LogP contribution in [0.15, 0.2) is 42.5 Å². The predicted octanol–water partition coefficient (Wildman–Crippen LogP) is 4.41. The van der Waals surface area contributed by atoms with Crippen molar-refractivity contribution in [3.63, 3.8) is 0 Å². The Morgan fingerprint density at radius 1 is 1.16 bits per heavy atom. The van der Waals surface area contributed by atoms with Crippen LogP contribution in [0.4, 0.5) is 5.69 Å². The number of aromatic nitrogens is 3. The van der Waals surface area contributed by atoms with Gasteiger partial charge in [0.15, 0.2) is 12.4 Å². The Kier molecular flexibility index (Phi) is 6.48. The first-order chi connectivity index (χ1) is 15.1. The fourth-order valence-corrected chi connectivity index (χ4v) is 3.80. The number of nitrogens with zero attached hydrogens (tertiary/aromatic N) is 4. The molecule has 0 radical (unpaired) electrons. The number of rotatable bonds is 6. The monoisotopic (exact) mass is 435 g/mol. The number of hydrogen-bond donors (Lipinski definition) is 1. The second-order valence-corrected chi connectivity index (χ2v) is 7.82. The second-order valence-electron chi connectivity index (χ2n) is 7.41. The molecule has 3 aromatic rings. The molecule has 0 bridgehead atoms. The molecule has 0 unspecified atom stereocenters. The van der Waals surface area contributed by atoms with Crippen molar-refractivity contribution in [2.75, 3.05) is 11.9 Å². The fourth-order valence-electron chi connectivity index (χ4n) is 3.60. The van der Waals surface area contributed by atoms with Crippen molar-refractivity contribution in [2.45, 2.75) is 38.6 Å². The standard InChI is InChI=1S/C23H22ClN5O2/c24-20-10-7-17(14-19(20)23-28-27-21-4-2-1-3-13-29(21)23)26-22(30)15-31-18-8-5-16(6-9-18)11-12-25/h5-10,14H,1-4,11,13,15H2,(H,26,30). The highest BCUT2D eigenvalue weighted by Crippen LogP contribution is 2.31. The Bertz CT molecular complexity index is 1120. The molecule has 1 N–H and O–H groups in total. The smallest absolute Gasteiger partial charge is 0.262 e. The molecule has 8 heteroatoms. The molecule has 1 amide bonds. The lowest BCUT2D eigenvalue weighted by Gasteiger charge is -2.11. The lowest BCUT2D eigenvalue weighted by molar-refractivity contribution is -0.118. The summed E-state index contributed by atoms with van der Waals surface area (Å²) in [5, 5.41) is 20.8. The lowest BCUT2D eigenvalue weighted by atomic mass is 10.1. The molecule has 7 nitrogen and oxygen atoms in total. The molecular weight excluding hydrogens is 414 g/mol. The largest absolute Gasteiger partial charge is 0.484 e. The van der Waals surface area contributed by atoms with E-state index >= 15 is 0 Å². The van der Waals surface area contributed by atoms with Gasteiger partial charge in [-0.05, 0) is 48.7 Å². The molecule has 31 heavy (non-hydrogen) atoms. The van der Waals surface area contributed by atoms with E-state index in [-0.39, 0.29) is 12.5 Å². The Morgan fingerprint density at radius 2 is 2.00 bits per heavy atom. The Hall–Kier alpha value is -3.37. The molecular formula is C23H22ClN5O2. The summed E-state index contributed by atoms with van der Waals surface area (Å²) in [7, 11) is 0. The first-order valence-corrected chi connectivity index (χ1v) is 10.6. The number of fused-ring (bicyclic) bond motifs is 1. The van der Waals surface area contributed by atoms with Crippen LogP contribution < -0.4 is 10.1 Å². The highest BCUT2D eigenvalue weighted by atomic mass is 35.5. The highest BCUT2D eigenvalue weighted by molar-refractivity contribution is 6.33. The number of anilines is 1. The Morgan fingerprint density at radius 3 is 2.81 bits per heavy atom. The van der Waals surface area contributed by atoms with Crippen molar-refractivity contribution in [1.29, 1.82) is 5.26 Å². The fraction of sp³-hybridized carbons (Fsp3) is 0.304. The van der Waals surface area contributed by atoms with Gasteiger partial charge in [-0.25, -0.2) is 0 Å². The van der Waals surface area contributed by atoms with E-state index in [9.17, 15) is 4.79 Å². The first-order valence-electron chi connectivity index (χ1n) is 10.2. The van der Waals surface area contributed by atoms with E-state index in [1.807, 2.05) is 18.2 Å². The normalized spacial score (nSPS) is 13.0. The van der Waals surface area contributed by atoms with Gasteiger partial charge in [-0.2, -0.15) is 5.26 Å². The molecule has 2 heterocycles. The van der Waals surface area contributed by atoms with Crippen LogP contribution in [-0.4, -0.2) is 27.3 Å². The van der Waals surface area contributed by atoms with Gasteiger partial charge in [0.2, 0.25) is 0 Å². The van der Waals surface area contributed by atoms with Crippen LogP contribution in [-0.2, 0) is 24.2 Å². The third kappa shape index (κ3) is 5.04. The maximum atomic E-state index is 12.4. The number of hydrogen-bond acceptors (Lipinski definition) is 5. The quantitative estimate of drug-likeness (QED) is 0.619. The summed E-state index contributed by atoms with van der Waals surface area (Å²) in [5.41, 5.74) is 2.26. The second kappa shape index (κ2) is 9.63. The van der Waals surface area contributed by atoms with Crippen LogP contribution in [0.25, 0.3) is 11.4 Å². The Balaban J connectivity index is 1.43. The van der Waals surface area contributed by atoms with Gasteiger partial charge in [0, 0.05) is 24.2 Å². The number of ether oxygens (including phenoxy) is 1. The molecule has 1 aromatic heterocycles. The van der Waals surface area contributed by atoms with E-state index in [4.69, 9.17) is 21.6 Å². The minimum atomic E-state index is -0.283. The number of halogens is 1. The summed E-state index contributed by atoms with van der Waals surface area (Å²) >= 11 is 6.45. The zero-order valence-corrected chi connectivity index (χ0v) is 17.7. The van der Waals surface area contributed by atoms with Crippen LogP contribution in [0.2, 0.25) is 5.02 Å². The van der Waals surface area contributed by atoms with Gasteiger partial charge >= 0.3 is 0 Å². The SMILES string of the molecule is N#CCc1ccc(OCC(=O)Nc2ccc(Cl)c(-c3nnc4n3CCCCC4)c2)cc1. The molecule has 158 valence electrons. The molecule has 1 aliphatic heterocycles. The molecule has 0 atom stereocenters. The van der Waals surface area contributed by atoms with E-state index in [0.717, 1.165) is 48.6 Å². The average molecular weight is 436 g/mol. The molecule has 0 aliphatic carbocycles. The molecule has 1 aliphatic rings. The van der Waals surface area contributed by atoms with Gasteiger partial charge in [0.25, 0.3) is 5.91 Å². The number of carbonyl (C=O) groups excluding carboxylic acids is 1. The summed E-state index contributed by atoms with van der Waals surface area (Å²) in [6.45, 7) is 0.738. The van der Waals surface area contributed by atoms with Crippen LogP contribution >= 0.6 is 11.6 Å². The van der Waals surface area contributed by atoms with Crippen LogP contribution in [0, 0.1) is 11.3 Å². The van der Waals surface area contributed by atoms with Crippen LogP contribution in [0.1, 0.15) is 30.7 Å². The van der Waals surface area contributed by atoms with Crippen molar-refractivity contribution in [3.8, 4) is 23.2 Å². The van der Waals surface area contributed by atoms with Crippen molar-refractivity contribution in [3.05, 3.63) is 58.9 Å². The van der Waals surface area contributed by atoms with E-state index in [2.05, 4.69) is 26.2 Å². The maximum absolute atomic E-state index is 12.4. The third-order valence-corrected chi connectivity index (χ3v) is 5.51. The summed E-state index contributed by atoms with van der Waals surface area (Å²) in [6, 6.07) is 14.5. The maximum Gasteiger partial charge on any atom is 0.262 e. The average Bonchev–Trinajstić information content (AvgIpc) is 3.02. The molecule has 4 rings (SSSR count). The van der Waals surface area contributed by atoms with Gasteiger partial charge in [0.1, 0.15) is 11.6 Å². The predicted molar refractivity (Wildman–Crippen MR) is 118 cm³/mol. The van der Waals surface area contributed by atoms with Crippen LogP contribution in [0.5, 0.6) is 5.75 Å².